The van der Waals surface area contributed by atoms with Gasteiger partial charge in [-0.1, -0.05) is 0 Å². The van der Waals surface area contributed by atoms with Crippen LogP contribution in [0, 0.1) is 6.92 Å². The summed E-state index contributed by atoms with van der Waals surface area (Å²) < 4.78 is 2.40. The van der Waals surface area contributed by atoms with Gasteiger partial charge in [0.25, 0.3) is 0 Å². The summed E-state index contributed by atoms with van der Waals surface area (Å²) in [6.07, 6.45) is 7.26. The molecule has 0 unspecified atom stereocenters. The van der Waals surface area contributed by atoms with Crippen molar-refractivity contribution in [2.24, 2.45) is 0 Å². The third-order valence-electron chi connectivity index (χ3n) is 4.53. The summed E-state index contributed by atoms with van der Waals surface area (Å²) in [6, 6.07) is 0.721. The maximum absolute atomic E-state index is 4.74. The summed E-state index contributed by atoms with van der Waals surface area (Å²) in [4.78, 5) is 7.20. The highest BCUT2D eigenvalue weighted by molar-refractivity contribution is 5.36. The number of aromatic nitrogens is 2. The number of imidazole rings is 1. The number of nitrogens with zero attached hydrogens (tertiary/aromatic N) is 3. The van der Waals surface area contributed by atoms with Crippen LogP contribution < -0.4 is 10.2 Å². The summed E-state index contributed by atoms with van der Waals surface area (Å²) in [5, 5.41) is 3.45. The molecular formula is C14H24N4. The molecule has 1 aromatic heterocycles. The second kappa shape index (κ2) is 4.26. The minimum atomic E-state index is 0.308. The van der Waals surface area contributed by atoms with E-state index in [2.05, 4.69) is 41.9 Å². The molecule has 0 aromatic carbocycles. The minimum Gasteiger partial charge on any atom is -0.342 e. The predicted octanol–water partition coefficient (Wildman–Crippen LogP) is 2.10. The average molecular weight is 248 g/mol. The number of piperidine rings is 1. The standard InChI is InChI=1S/C14H24N4/c1-11-10-18(12-4-5-12)13(16-11)17-8-6-14(2,15-3)7-9-17/h10,12,15H,4-9H2,1-3H3. The topological polar surface area (TPSA) is 33.1 Å². The predicted molar refractivity (Wildman–Crippen MR) is 74.1 cm³/mol. The van der Waals surface area contributed by atoms with E-state index in [4.69, 9.17) is 4.98 Å². The molecule has 1 aliphatic heterocycles. The Morgan fingerprint density at radius 2 is 2.00 bits per heavy atom. The fraction of sp³-hybridized carbons (Fsp3) is 0.786. The smallest absolute Gasteiger partial charge is 0.205 e. The van der Waals surface area contributed by atoms with Crippen LogP contribution in [0.4, 0.5) is 5.95 Å². The molecule has 1 aliphatic carbocycles. The molecule has 18 heavy (non-hydrogen) atoms. The van der Waals surface area contributed by atoms with Crippen molar-refractivity contribution in [2.75, 3.05) is 25.0 Å². The van der Waals surface area contributed by atoms with Gasteiger partial charge in [0.1, 0.15) is 0 Å². The number of nitrogens with one attached hydrogen (secondary N) is 1. The maximum Gasteiger partial charge on any atom is 0.205 e. The molecule has 2 fully saturated rings. The molecule has 1 saturated carbocycles. The highest BCUT2D eigenvalue weighted by atomic mass is 15.3. The van der Waals surface area contributed by atoms with Crippen LogP contribution in [0.5, 0.6) is 0 Å². The molecule has 3 rings (SSSR count). The first-order valence-corrected chi connectivity index (χ1v) is 7.11. The first-order valence-electron chi connectivity index (χ1n) is 7.11. The van der Waals surface area contributed by atoms with Gasteiger partial charge in [0.15, 0.2) is 0 Å². The lowest BCUT2D eigenvalue weighted by Gasteiger charge is -2.39. The third kappa shape index (κ3) is 2.14. The van der Waals surface area contributed by atoms with Gasteiger partial charge >= 0.3 is 0 Å². The number of hydrogen-bond donors (Lipinski definition) is 1. The molecule has 0 atom stereocenters. The van der Waals surface area contributed by atoms with E-state index in [0.29, 0.717) is 5.54 Å². The molecule has 2 aliphatic rings. The Hall–Kier alpha value is -1.03. The maximum atomic E-state index is 4.74. The van der Waals surface area contributed by atoms with Crippen LogP contribution in [-0.2, 0) is 0 Å². The molecule has 0 amide bonds. The Balaban J connectivity index is 1.76. The lowest BCUT2D eigenvalue weighted by molar-refractivity contribution is 0.302. The highest BCUT2D eigenvalue weighted by Gasteiger charge is 2.32. The Bertz CT molecular complexity index is 425. The van der Waals surface area contributed by atoms with Gasteiger partial charge in [-0.3, -0.25) is 0 Å². The molecular weight excluding hydrogens is 224 g/mol. The van der Waals surface area contributed by atoms with E-state index in [9.17, 15) is 0 Å². The molecule has 0 spiro atoms. The molecule has 1 N–H and O–H groups in total. The quantitative estimate of drug-likeness (QED) is 0.889. The fourth-order valence-electron chi connectivity index (χ4n) is 2.81. The average Bonchev–Trinajstić information content (AvgIpc) is 3.14. The van der Waals surface area contributed by atoms with Crippen LogP contribution in [0.15, 0.2) is 6.20 Å². The van der Waals surface area contributed by atoms with E-state index < -0.39 is 0 Å². The van der Waals surface area contributed by atoms with Gasteiger partial charge in [0.05, 0.1) is 5.69 Å². The van der Waals surface area contributed by atoms with Crippen LogP contribution in [0.2, 0.25) is 0 Å². The largest absolute Gasteiger partial charge is 0.342 e. The molecule has 4 nitrogen and oxygen atoms in total. The van der Waals surface area contributed by atoms with Crippen molar-refractivity contribution >= 4 is 5.95 Å². The molecule has 0 bridgehead atoms. The zero-order chi connectivity index (χ0) is 12.8. The Morgan fingerprint density at radius 3 is 2.56 bits per heavy atom. The van der Waals surface area contributed by atoms with Crippen molar-refractivity contribution in [1.29, 1.82) is 0 Å². The van der Waals surface area contributed by atoms with Crippen LogP contribution >= 0.6 is 0 Å². The van der Waals surface area contributed by atoms with Crippen LogP contribution in [0.1, 0.15) is 44.3 Å². The summed E-state index contributed by atoms with van der Waals surface area (Å²) in [6.45, 7) is 6.65. The van der Waals surface area contributed by atoms with E-state index in [1.165, 1.54) is 31.6 Å². The van der Waals surface area contributed by atoms with Crippen molar-refractivity contribution in [3.05, 3.63) is 11.9 Å². The molecule has 2 heterocycles. The molecule has 4 heteroatoms. The SMILES string of the molecule is CNC1(C)CCN(c2nc(C)cn2C2CC2)CC1. The summed E-state index contributed by atoms with van der Waals surface area (Å²) in [7, 11) is 2.07. The van der Waals surface area contributed by atoms with Crippen molar-refractivity contribution < 1.29 is 0 Å². The van der Waals surface area contributed by atoms with E-state index in [0.717, 1.165) is 24.8 Å². The van der Waals surface area contributed by atoms with Crippen molar-refractivity contribution in [1.82, 2.24) is 14.9 Å². The molecule has 1 aromatic rings. The number of anilines is 1. The van der Waals surface area contributed by atoms with E-state index >= 15 is 0 Å². The number of rotatable bonds is 3. The minimum absolute atomic E-state index is 0.308. The summed E-state index contributed by atoms with van der Waals surface area (Å²) >= 11 is 0. The van der Waals surface area contributed by atoms with E-state index in [1.807, 2.05) is 0 Å². The Kier molecular flexibility index (Phi) is 2.85. The van der Waals surface area contributed by atoms with Gasteiger partial charge in [-0.15, -0.1) is 0 Å². The normalized spacial score (nSPS) is 23.4. The lowest BCUT2D eigenvalue weighted by Crippen LogP contribution is -2.50. The van der Waals surface area contributed by atoms with Crippen molar-refractivity contribution in [3.63, 3.8) is 0 Å². The first-order chi connectivity index (χ1) is 8.61. The number of hydrogen-bond acceptors (Lipinski definition) is 3. The highest BCUT2D eigenvalue weighted by Crippen LogP contribution is 2.39. The van der Waals surface area contributed by atoms with Gasteiger partial charge in [0.2, 0.25) is 5.95 Å². The summed E-state index contributed by atoms with van der Waals surface area (Å²) in [5.41, 5.74) is 1.46. The zero-order valence-corrected chi connectivity index (χ0v) is 11.7. The van der Waals surface area contributed by atoms with E-state index in [-0.39, 0.29) is 0 Å². The lowest BCUT2D eigenvalue weighted by atomic mass is 9.90. The van der Waals surface area contributed by atoms with Crippen molar-refractivity contribution in [2.45, 2.75) is 51.1 Å². The van der Waals surface area contributed by atoms with Crippen LogP contribution in [0.25, 0.3) is 0 Å². The second-order valence-electron chi connectivity index (χ2n) is 6.12. The second-order valence-corrected chi connectivity index (χ2v) is 6.12. The Morgan fingerprint density at radius 1 is 1.33 bits per heavy atom. The Labute approximate surface area is 109 Å². The van der Waals surface area contributed by atoms with Gasteiger partial charge in [0, 0.05) is 30.9 Å². The number of aryl methyl sites for hydroxylation is 1. The van der Waals surface area contributed by atoms with Gasteiger partial charge < -0.3 is 14.8 Å². The van der Waals surface area contributed by atoms with Gasteiger partial charge in [-0.2, -0.15) is 0 Å². The van der Waals surface area contributed by atoms with Crippen LogP contribution in [0.3, 0.4) is 0 Å². The molecule has 1 saturated heterocycles. The van der Waals surface area contributed by atoms with Gasteiger partial charge in [-0.05, 0) is 46.6 Å². The fourth-order valence-corrected chi connectivity index (χ4v) is 2.81. The van der Waals surface area contributed by atoms with E-state index in [1.54, 1.807) is 0 Å². The monoisotopic (exact) mass is 248 g/mol. The third-order valence-corrected chi connectivity index (χ3v) is 4.53. The van der Waals surface area contributed by atoms with Gasteiger partial charge in [-0.25, -0.2) is 4.98 Å². The van der Waals surface area contributed by atoms with Crippen molar-refractivity contribution in [3.8, 4) is 0 Å². The first kappa shape index (κ1) is 12.0. The van der Waals surface area contributed by atoms with Crippen LogP contribution in [-0.4, -0.2) is 35.2 Å². The zero-order valence-electron chi connectivity index (χ0n) is 11.7. The molecule has 100 valence electrons. The summed E-state index contributed by atoms with van der Waals surface area (Å²) in [5.74, 6) is 1.20. The molecule has 0 radical (unpaired) electrons.